The van der Waals surface area contributed by atoms with Gasteiger partial charge in [0.1, 0.15) is 0 Å². The summed E-state index contributed by atoms with van der Waals surface area (Å²) in [7, 11) is 3.34. The molecule has 3 heteroatoms. The minimum atomic E-state index is 0.302. The highest BCUT2D eigenvalue weighted by atomic mass is 16.5. The van der Waals surface area contributed by atoms with Crippen LogP contribution in [0.25, 0.3) is 0 Å². The van der Waals surface area contributed by atoms with Crippen LogP contribution < -0.4 is 14.8 Å². The molecule has 23 heavy (non-hydrogen) atoms. The van der Waals surface area contributed by atoms with Crippen LogP contribution in [0.4, 0.5) is 0 Å². The molecule has 122 valence electrons. The molecule has 1 N–H and O–H groups in total. The van der Waals surface area contributed by atoms with Crippen LogP contribution >= 0.6 is 0 Å². The largest absolute Gasteiger partial charge is 0.493 e. The Morgan fingerprint density at radius 3 is 2.30 bits per heavy atom. The van der Waals surface area contributed by atoms with Crippen molar-refractivity contribution in [1.82, 2.24) is 5.32 Å². The van der Waals surface area contributed by atoms with Crippen LogP contribution in [0.3, 0.4) is 0 Å². The molecule has 1 fully saturated rings. The Balaban J connectivity index is 1.57. The van der Waals surface area contributed by atoms with E-state index in [9.17, 15) is 0 Å². The maximum atomic E-state index is 5.39. The number of hydrogen-bond donors (Lipinski definition) is 1. The Bertz CT molecular complexity index is 635. The molecule has 1 saturated carbocycles. The third-order valence-electron chi connectivity index (χ3n) is 4.80. The van der Waals surface area contributed by atoms with Gasteiger partial charge in [0, 0.05) is 12.1 Å². The van der Waals surface area contributed by atoms with E-state index >= 15 is 0 Å². The molecular weight excluding hydrogens is 286 g/mol. The van der Waals surface area contributed by atoms with Crippen LogP contribution in [-0.4, -0.2) is 20.3 Å². The summed E-state index contributed by atoms with van der Waals surface area (Å²) in [4.78, 5) is 0. The van der Waals surface area contributed by atoms with Crippen molar-refractivity contribution >= 4 is 0 Å². The van der Waals surface area contributed by atoms with Crippen molar-refractivity contribution in [3.8, 4) is 11.5 Å². The average Bonchev–Trinajstić information content (AvgIpc) is 2.57. The molecule has 3 rings (SSSR count). The van der Waals surface area contributed by atoms with Crippen LogP contribution in [0.2, 0.25) is 0 Å². The zero-order chi connectivity index (χ0) is 16.2. The topological polar surface area (TPSA) is 30.5 Å². The number of rotatable bonds is 6. The average molecular weight is 311 g/mol. The van der Waals surface area contributed by atoms with E-state index in [1.165, 1.54) is 24.0 Å². The summed E-state index contributed by atoms with van der Waals surface area (Å²) in [6.45, 7) is 2.21. The number of hydrogen-bond acceptors (Lipinski definition) is 3. The smallest absolute Gasteiger partial charge is 0.161 e. The van der Waals surface area contributed by atoms with E-state index in [2.05, 4.69) is 54.7 Å². The number of methoxy groups -OCH3 is 2. The maximum Gasteiger partial charge on any atom is 0.161 e. The second-order valence-corrected chi connectivity index (χ2v) is 6.28. The molecule has 0 radical (unpaired) electrons. The highest BCUT2D eigenvalue weighted by Crippen LogP contribution is 2.38. The minimum absolute atomic E-state index is 0.302. The molecule has 0 bridgehead atoms. The molecule has 2 aromatic rings. The van der Waals surface area contributed by atoms with Gasteiger partial charge in [0.25, 0.3) is 0 Å². The summed E-state index contributed by atoms with van der Waals surface area (Å²) < 4.78 is 10.7. The van der Waals surface area contributed by atoms with E-state index in [1.54, 1.807) is 14.2 Å². The first kappa shape index (κ1) is 15.9. The van der Waals surface area contributed by atoms with Crippen molar-refractivity contribution in [2.75, 3.05) is 14.2 Å². The van der Waals surface area contributed by atoms with Gasteiger partial charge < -0.3 is 14.8 Å². The molecule has 1 unspecified atom stereocenters. The van der Waals surface area contributed by atoms with Gasteiger partial charge in [0.2, 0.25) is 0 Å². The third kappa shape index (κ3) is 3.50. The van der Waals surface area contributed by atoms with Gasteiger partial charge in [-0.2, -0.15) is 0 Å². The van der Waals surface area contributed by atoms with E-state index in [4.69, 9.17) is 9.47 Å². The molecule has 0 saturated heterocycles. The number of benzene rings is 2. The van der Waals surface area contributed by atoms with Crippen LogP contribution in [0.15, 0.2) is 48.5 Å². The summed E-state index contributed by atoms with van der Waals surface area (Å²) in [5.74, 6) is 2.26. The molecule has 2 aromatic carbocycles. The zero-order valence-electron chi connectivity index (χ0n) is 14.1. The van der Waals surface area contributed by atoms with Gasteiger partial charge in [0.05, 0.1) is 14.2 Å². The SMILES string of the molecule is COc1ccc(C(C)NC2CC(c3ccccc3)C2)cc1OC. The van der Waals surface area contributed by atoms with Gasteiger partial charge in [-0.25, -0.2) is 0 Å². The second kappa shape index (κ2) is 7.05. The standard InChI is InChI=1S/C20H25NO2/c1-14(16-9-10-19(22-2)20(13-16)23-3)21-18-11-17(12-18)15-7-5-4-6-8-15/h4-10,13-14,17-18,21H,11-12H2,1-3H3. The zero-order valence-corrected chi connectivity index (χ0v) is 14.1. The van der Waals surface area contributed by atoms with Gasteiger partial charge >= 0.3 is 0 Å². The van der Waals surface area contributed by atoms with Gasteiger partial charge in [0.15, 0.2) is 11.5 Å². The fourth-order valence-corrected chi connectivity index (χ4v) is 3.32. The van der Waals surface area contributed by atoms with Crippen molar-refractivity contribution in [3.05, 3.63) is 59.7 Å². The summed E-state index contributed by atoms with van der Waals surface area (Å²) in [5.41, 5.74) is 2.69. The summed E-state index contributed by atoms with van der Waals surface area (Å²) in [5, 5.41) is 3.72. The van der Waals surface area contributed by atoms with E-state index in [0.29, 0.717) is 18.0 Å². The minimum Gasteiger partial charge on any atom is -0.493 e. The van der Waals surface area contributed by atoms with Crippen LogP contribution in [0.5, 0.6) is 11.5 Å². The van der Waals surface area contributed by atoms with Crippen LogP contribution in [0.1, 0.15) is 42.9 Å². The van der Waals surface area contributed by atoms with E-state index in [0.717, 1.165) is 11.5 Å². The van der Waals surface area contributed by atoms with Crippen LogP contribution in [-0.2, 0) is 0 Å². The second-order valence-electron chi connectivity index (χ2n) is 6.28. The Morgan fingerprint density at radius 1 is 0.957 bits per heavy atom. The Hall–Kier alpha value is -2.00. The molecule has 1 aliphatic carbocycles. The normalized spacial score (nSPS) is 21.3. The fourth-order valence-electron chi connectivity index (χ4n) is 3.32. The van der Waals surface area contributed by atoms with E-state index in [1.807, 2.05) is 6.07 Å². The van der Waals surface area contributed by atoms with E-state index < -0.39 is 0 Å². The lowest BCUT2D eigenvalue weighted by Gasteiger charge is -2.38. The fraction of sp³-hybridized carbons (Fsp3) is 0.400. The lowest BCUT2D eigenvalue weighted by molar-refractivity contribution is 0.270. The highest BCUT2D eigenvalue weighted by molar-refractivity contribution is 5.43. The first-order valence-corrected chi connectivity index (χ1v) is 8.24. The van der Waals surface area contributed by atoms with Gasteiger partial charge in [-0.15, -0.1) is 0 Å². The van der Waals surface area contributed by atoms with Gasteiger partial charge in [-0.1, -0.05) is 36.4 Å². The Labute approximate surface area is 138 Å². The van der Waals surface area contributed by atoms with Crippen molar-refractivity contribution in [2.45, 2.75) is 37.8 Å². The number of nitrogens with one attached hydrogen (secondary N) is 1. The van der Waals surface area contributed by atoms with Crippen molar-refractivity contribution in [2.24, 2.45) is 0 Å². The first-order valence-electron chi connectivity index (χ1n) is 8.24. The van der Waals surface area contributed by atoms with E-state index in [-0.39, 0.29) is 0 Å². The monoisotopic (exact) mass is 311 g/mol. The van der Waals surface area contributed by atoms with Crippen molar-refractivity contribution in [3.63, 3.8) is 0 Å². The Kier molecular flexibility index (Phi) is 4.87. The first-order chi connectivity index (χ1) is 11.2. The molecule has 0 heterocycles. The Morgan fingerprint density at radius 2 is 1.65 bits per heavy atom. The van der Waals surface area contributed by atoms with Crippen LogP contribution in [0, 0.1) is 0 Å². The predicted octanol–water partition coefficient (Wildman–Crippen LogP) is 4.30. The maximum absolute atomic E-state index is 5.39. The summed E-state index contributed by atoms with van der Waals surface area (Å²) in [6.07, 6.45) is 2.42. The lowest BCUT2D eigenvalue weighted by atomic mass is 9.75. The molecular formula is C20H25NO2. The molecule has 0 aliphatic heterocycles. The molecule has 1 atom stereocenters. The highest BCUT2D eigenvalue weighted by Gasteiger charge is 2.31. The van der Waals surface area contributed by atoms with Gasteiger partial charge in [-0.05, 0) is 48.9 Å². The molecule has 0 spiro atoms. The summed E-state index contributed by atoms with van der Waals surface area (Å²) in [6, 6.07) is 17.8. The predicted molar refractivity (Wildman–Crippen MR) is 93.3 cm³/mol. The van der Waals surface area contributed by atoms with Gasteiger partial charge in [-0.3, -0.25) is 0 Å². The molecule has 0 aromatic heterocycles. The molecule has 3 nitrogen and oxygen atoms in total. The van der Waals surface area contributed by atoms with Crippen molar-refractivity contribution in [1.29, 1.82) is 0 Å². The molecule has 1 aliphatic rings. The molecule has 0 amide bonds. The number of ether oxygens (including phenoxy) is 2. The quantitative estimate of drug-likeness (QED) is 0.863. The summed E-state index contributed by atoms with van der Waals surface area (Å²) >= 11 is 0. The van der Waals surface area contributed by atoms with Crippen molar-refractivity contribution < 1.29 is 9.47 Å². The third-order valence-corrected chi connectivity index (χ3v) is 4.80. The lowest BCUT2D eigenvalue weighted by Crippen LogP contribution is -2.41.